The van der Waals surface area contributed by atoms with Crippen molar-refractivity contribution in [3.63, 3.8) is 0 Å². The molecule has 1 aromatic carbocycles. The molecule has 0 aromatic heterocycles. The molecule has 1 fully saturated rings. The molecule has 1 aromatic rings. The lowest BCUT2D eigenvalue weighted by atomic mass is 9.64. The van der Waals surface area contributed by atoms with Crippen LogP contribution >= 0.6 is 15.9 Å². The number of ether oxygens (including phenoxy) is 1. The highest BCUT2D eigenvalue weighted by Gasteiger charge is 2.44. The predicted octanol–water partition coefficient (Wildman–Crippen LogP) is 6.40. The van der Waals surface area contributed by atoms with E-state index in [1.807, 2.05) is 0 Å². The van der Waals surface area contributed by atoms with E-state index >= 15 is 0 Å². The van der Waals surface area contributed by atoms with Gasteiger partial charge in [-0.05, 0) is 66.5 Å². The van der Waals surface area contributed by atoms with Crippen molar-refractivity contribution in [1.82, 2.24) is 0 Å². The third kappa shape index (κ3) is 5.47. The molecule has 1 aliphatic rings. The topological polar surface area (TPSA) is 52.3 Å². The number of carbonyl (C=O) groups is 1. The lowest BCUT2D eigenvalue weighted by Gasteiger charge is -2.46. The molecular formula is C21H32BrNO2. The number of carbonyl (C=O) groups excluding carboxylic acids is 1. The van der Waals surface area contributed by atoms with Crippen LogP contribution in [0, 0.1) is 10.8 Å². The Balaban J connectivity index is 2.32. The Morgan fingerprint density at radius 2 is 1.68 bits per heavy atom. The molecule has 1 saturated carbocycles. The minimum atomic E-state index is -0.650. The van der Waals surface area contributed by atoms with E-state index in [0.717, 1.165) is 36.6 Å². The number of rotatable bonds is 4. The fourth-order valence-electron chi connectivity index (χ4n) is 3.93. The molecule has 3 nitrogen and oxygen atoms in total. The van der Waals surface area contributed by atoms with Crippen molar-refractivity contribution >= 4 is 22.0 Å². The van der Waals surface area contributed by atoms with Crippen molar-refractivity contribution in [2.45, 2.75) is 78.2 Å². The molecular weight excluding hydrogens is 378 g/mol. The van der Waals surface area contributed by atoms with E-state index in [-0.39, 0.29) is 5.41 Å². The first-order valence-corrected chi connectivity index (χ1v) is 9.96. The number of nitrogens with two attached hydrogens (primary N) is 1. The highest BCUT2D eigenvalue weighted by Crippen LogP contribution is 2.49. The fourth-order valence-corrected chi connectivity index (χ4v) is 4.20. The molecule has 0 aliphatic heterocycles. The zero-order chi connectivity index (χ0) is 18.9. The Kier molecular flexibility index (Phi) is 5.92. The molecule has 140 valence electrons. The highest BCUT2D eigenvalue weighted by molar-refractivity contribution is 9.10. The summed E-state index contributed by atoms with van der Waals surface area (Å²) in [6, 6.07) is 8.51. The molecule has 1 aliphatic carbocycles. The second-order valence-corrected chi connectivity index (χ2v) is 10.4. The predicted molar refractivity (Wildman–Crippen MR) is 107 cm³/mol. The van der Waals surface area contributed by atoms with E-state index in [4.69, 9.17) is 10.5 Å². The molecule has 0 bridgehead atoms. The van der Waals surface area contributed by atoms with Crippen molar-refractivity contribution in [2.24, 2.45) is 16.6 Å². The van der Waals surface area contributed by atoms with Crippen LogP contribution in [0.1, 0.15) is 78.2 Å². The molecule has 0 spiro atoms. The van der Waals surface area contributed by atoms with Crippen molar-refractivity contribution in [2.75, 3.05) is 0 Å². The Hall–Kier alpha value is -1.03. The molecule has 1 amide bonds. The van der Waals surface area contributed by atoms with Crippen molar-refractivity contribution in [3.05, 3.63) is 34.3 Å². The molecule has 0 radical (unpaired) electrons. The van der Waals surface area contributed by atoms with Crippen LogP contribution in [0.4, 0.5) is 4.79 Å². The summed E-state index contributed by atoms with van der Waals surface area (Å²) in [5.41, 5.74) is 6.65. The van der Waals surface area contributed by atoms with Gasteiger partial charge in [0.05, 0.1) is 0 Å². The first-order chi connectivity index (χ1) is 11.4. The summed E-state index contributed by atoms with van der Waals surface area (Å²) < 4.78 is 6.85. The summed E-state index contributed by atoms with van der Waals surface area (Å²) in [5, 5.41) is 0. The van der Waals surface area contributed by atoms with E-state index in [0.29, 0.717) is 11.3 Å². The van der Waals surface area contributed by atoms with Gasteiger partial charge in [-0.3, -0.25) is 0 Å². The van der Waals surface area contributed by atoms with E-state index in [9.17, 15) is 4.79 Å². The average molecular weight is 410 g/mol. The maximum atomic E-state index is 11.6. The second-order valence-electron chi connectivity index (χ2n) is 9.44. The van der Waals surface area contributed by atoms with Gasteiger partial charge in [0.2, 0.25) is 0 Å². The first-order valence-electron chi connectivity index (χ1n) is 9.16. The van der Waals surface area contributed by atoms with Gasteiger partial charge in [-0.1, -0.05) is 62.7 Å². The number of hydrogen-bond acceptors (Lipinski definition) is 2. The number of halogens is 1. The second kappa shape index (κ2) is 7.30. The summed E-state index contributed by atoms with van der Waals surface area (Å²) in [5.74, 6) is 0.293. The van der Waals surface area contributed by atoms with Crippen LogP contribution < -0.4 is 5.73 Å². The van der Waals surface area contributed by atoms with E-state index in [2.05, 4.69) is 74.8 Å². The van der Waals surface area contributed by atoms with E-state index < -0.39 is 11.7 Å². The Morgan fingerprint density at radius 1 is 1.16 bits per heavy atom. The molecule has 2 rings (SSSR count). The molecule has 2 N–H and O–H groups in total. The van der Waals surface area contributed by atoms with Crippen molar-refractivity contribution in [3.8, 4) is 0 Å². The maximum Gasteiger partial charge on any atom is 0.405 e. The Labute approximate surface area is 160 Å². The Bertz CT molecular complexity index is 591. The van der Waals surface area contributed by atoms with Gasteiger partial charge < -0.3 is 10.5 Å². The first kappa shape index (κ1) is 20.3. The third-order valence-corrected chi connectivity index (χ3v) is 6.25. The van der Waals surface area contributed by atoms with Gasteiger partial charge in [-0.15, -0.1) is 0 Å². The van der Waals surface area contributed by atoms with Crippen LogP contribution in [0.3, 0.4) is 0 Å². The van der Waals surface area contributed by atoms with Crippen LogP contribution in [0.15, 0.2) is 28.7 Å². The lowest BCUT2D eigenvalue weighted by Crippen LogP contribution is -2.44. The third-order valence-electron chi connectivity index (χ3n) is 5.73. The number of primary amides is 1. The van der Waals surface area contributed by atoms with Crippen LogP contribution in [0.25, 0.3) is 0 Å². The van der Waals surface area contributed by atoms with Crippen molar-refractivity contribution < 1.29 is 9.53 Å². The van der Waals surface area contributed by atoms with Gasteiger partial charge in [-0.2, -0.15) is 0 Å². The normalized spacial score (nSPS) is 20.7. The quantitative estimate of drug-likeness (QED) is 0.624. The minimum absolute atomic E-state index is 0.0643. The van der Waals surface area contributed by atoms with Gasteiger partial charge in [0.25, 0.3) is 0 Å². The number of hydrogen-bond donors (Lipinski definition) is 1. The fraction of sp³-hybridized carbons (Fsp3) is 0.667. The van der Waals surface area contributed by atoms with Crippen molar-refractivity contribution in [1.29, 1.82) is 0 Å². The van der Waals surface area contributed by atoms with Gasteiger partial charge in [0.15, 0.2) is 0 Å². The largest absolute Gasteiger partial charge is 0.443 e. The molecule has 4 heteroatoms. The number of benzene rings is 1. The zero-order valence-electron chi connectivity index (χ0n) is 16.2. The Morgan fingerprint density at radius 3 is 2.12 bits per heavy atom. The van der Waals surface area contributed by atoms with Crippen LogP contribution in [0.2, 0.25) is 0 Å². The summed E-state index contributed by atoms with van der Waals surface area (Å²) in [6.45, 7) is 11.3. The maximum absolute atomic E-state index is 11.6. The highest BCUT2D eigenvalue weighted by atomic mass is 79.9. The van der Waals surface area contributed by atoms with Crippen LogP contribution in [-0.2, 0) is 4.74 Å². The van der Waals surface area contributed by atoms with Gasteiger partial charge in [0.1, 0.15) is 5.60 Å². The SMILES string of the molecule is CC1(C)CCC(CC(c2ccc(Br)cc2)C(C)(C)C)(OC(N)=O)CC1. The molecule has 0 saturated heterocycles. The van der Waals surface area contributed by atoms with E-state index in [1.54, 1.807) is 0 Å². The van der Waals surface area contributed by atoms with E-state index in [1.165, 1.54) is 5.56 Å². The summed E-state index contributed by atoms with van der Waals surface area (Å²) in [6.07, 6.45) is 4.03. The zero-order valence-corrected chi connectivity index (χ0v) is 17.8. The molecule has 1 unspecified atom stereocenters. The van der Waals surface area contributed by atoms with Crippen LogP contribution in [-0.4, -0.2) is 11.7 Å². The number of amides is 1. The standard InChI is InChI=1S/C21H32BrNO2/c1-19(2,3)17(15-6-8-16(22)9-7-15)14-21(25-18(23)24)12-10-20(4,5)11-13-21/h6-9,17H,10-14H2,1-5H3,(H2,23,24). The van der Waals surface area contributed by atoms with Gasteiger partial charge >= 0.3 is 6.09 Å². The molecule has 25 heavy (non-hydrogen) atoms. The summed E-state index contributed by atoms with van der Waals surface area (Å²) in [4.78, 5) is 11.6. The smallest absolute Gasteiger partial charge is 0.405 e. The summed E-state index contributed by atoms with van der Waals surface area (Å²) in [7, 11) is 0. The lowest BCUT2D eigenvalue weighted by molar-refractivity contribution is -0.0525. The summed E-state index contributed by atoms with van der Waals surface area (Å²) >= 11 is 3.51. The monoisotopic (exact) mass is 409 g/mol. The van der Waals surface area contributed by atoms with Crippen LogP contribution in [0.5, 0.6) is 0 Å². The molecule has 1 atom stereocenters. The van der Waals surface area contributed by atoms with Gasteiger partial charge in [-0.25, -0.2) is 4.79 Å². The minimum Gasteiger partial charge on any atom is -0.443 e. The van der Waals surface area contributed by atoms with Gasteiger partial charge in [0, 0.05) is 4.47 Å². The average Bonchev–Trinajstić information content (AvgIpc) is 2.48. The molecule has 0 heterocycles.